The van der Waals surface area contributed by atoms with E-state index in [0.29, 0.717) is 6.42 Å². The summed E-state index contributed by atoms with van der Waals surface area (Å²) in [5, 5.41) is 43.4. The topological polar surface area (TPSA) is 128 Å². The summed E-state index contributed by atoms with van der Waals surface area (Å²) in [5.74, 6) is 0.0237. The van der Waals surface area contributed by atoms with Crippen molar-refractivity contribution in [2.24, 2.45) is 0 Å². The van der Waals surface area contributed by atoms with Gasteiger partial charge in [-0.1, -0.05) is 232 Å². The predicted octanol–water partition coefficient (Wildman–Crippen LogP) is 11.8. The number of aliphatic hydroxyl groups is 4. The second kappa shape index (κ2) is 39.7. The van der Waals surface area contributed by atoms with Crippen LogP contribution in [0.3, 0.4) is 0 Å². The Morgan fingerprint density at radius 3 is 1.20 bits per heavy atom. The summed E-state index contributed by atoms with van der Waals surface area (Å²) < 4.78 is 11.4. The molecular weight excluding hydrogens is 703 g/mol. The summed E-state index contributed by atoms with van der Waals surface area (Å²) >= 11 is 0. The molecule has 0 aromatic rings. The summed E-state index contributed by atoms with van der Waals surface area (Å²) in [6.45, 7) is 4.19. The van der Waals surface area contributed by atoms with Crippen molar-refractivity contribution < 1.29 is 34.7 Å². The summed E-state index contributed by atoms with van der Waals surface area (Å²) in [6.07, 6.45) is 40.9. The van der Waals surface area contributed by atoms with Gasteiger partial charge in [0.2, 0.25) is 5.91 Å². The first-order valence-electron chi connectivity index (χ1n) is 24.7. The van der Waals surface area contributed by atoms with Crippen LogP contribution in [0.4, 0.5) is 0 Å². The average Bonchev–Trinajstić information content (AvgIpc) is 3.20. The molecule has 1 rings (SSSR count). The van der Waals surface area contributed by atoms with Gasteiger partial charge in [0.15, 0.2) is 6.29 Å². The van der Waals surface area contributed by atoms with Gasteiger partial charge in [-0.2, -0.15) is 0 Å². The Morgan fingerprint density at radius 1 is 0.500 bits per heavy atom. The van der Waals surface area contributed by atoms with Gasteiger partial charge in [-0.25, -0.2) is 0 Å². The van der Waals surface area contributed by atoms with Gasteiger partial charge in [0.25, 0.3) is 0 Å². The molecule has 1 saturated heterocycles. The third kappa shape index (κ3) is 30.3. The SMILES string of the molecule is CCCCCCCCCCCCCCCCCCCCCCCC(=O)NC(CCCCCCCCCCCCCCCC)CO[C@H]1O[C@H](CO)[C@H](O)[C@H](O)[C@H]1O. The molecule has 0 aromatic heterocycles. The van der Waals surface area contributed by atoms with Crippen LogP contribution in [0.15, 0.2) is 0 Å². The first-order chi connectivity index (χ1) is 27.4. The Hall–Kier alpha value is -0.770. The number of nitrogens with one attached hydrogen (secondary N) is 1. The van der Waals surface area contributed by atoms with E-state index in [0.717, 1.165) is 32.1 Å². The van der Waals surface area contributed by atoms with Crippen LogP contribution in [0, 0.1) is 0 Å². The van der Waals surface area contributed by atoms with Crippen LogP contribution in [0.1, 0.15) is 251 Å². The number of carbonyl (C=O) groups is 1. The molecule has 1 fully saturated rings. The molecular formula is C48H95NO7. The van der Waals surface area contributed by atoms with Crippen molar-refractivity contribution in [1.29, 1.82) is 0 Å². The fourth-order valence-corrected chi connectivity index (χ4v) is 8.22. The van der Waals surface area contributed by atoms with Crippen molar-refractivity contribution in [3.8, 4) is 0 Å². The Bertz CT molecular complexity index is 829. The highest BCUT2D eigenvalue weighted by molar-refractivity contribution is 5.76. The van der Waals surface area contributed by atoms with E-state index in [1.165, 1.54) is 199 Å². The monoisotopic (exact) mass is 798 g/mol. The predicted molar refractivity (Wildman–Crippen MR) is 234 cm³/mol. The highest BCUT2D eigenvalue weighted by atomic mass is 16.7. The van der Waals surface area contributed by atoms with Gasteiger partial charge in [0.05, 0.1) is 19.3 Å². The molecule has 56 heavy (non-hydrogen) atoms. The number of rotatable bonds is 42. The minimum absolute atomic E-state index is 0.0237. The van der Waals surface area contributed by atoms with Gasteiger partial charge in [0.1, 0.15) is 24.4 Å². The van der Waals surface area contributed by atoms with E-state index in [-0.39, 0.29) is 18.6 Å². The fraction of sp³-hybridized carbons (Fsp3) is 0.979. The van der Waals surface area contributed by atoms with Gasteiger partial charge in [0, 0.05) is 6.42 Å². The summed E-state index contributed by atoms with van der Waals surface area (Å²) in [7, 11) is 0. The molecule has 0 aromatic carbocycles. The Labute approximate surface area is 346 Å². The fourth-order valence-electron chi connectivity index (χ4n) is 8.22. The smallest absolute Gasteiger partial charge is 0.220 e. The molecule has 1 unspecified atom stereocenters. The normalized spacial score (nSPS) is 20.4. The molecule has 6 atom stereocenters. The van der Waals surface area contributed by atoms with E-state index >= 15 is 0 Å². The molecule has 0 spiro atoms. The van der Waals surface area contributed by atoms with E-state index in [9.17, 15) is 25.2 Å². The van der Waals surface area contributed by atoms with Crippen LogP contribution >= 0.6 is 0 Å². The van der Waals surface area contributed by atoms with Crippen LogP contribution in [-0.4, -0.2) is 76.3 Å². The van der Waals surface area contributed by atoms with E-state index < -0.39 is 37.3 Å². The standard InChI is InChI=1S/C48H95NO7/c1-3-5-7-9-11-13-15-17-19-20-21-22-23-24-25-27-29-31-33-35-37-39-44(51)49-42(41-55-48-47(54)46(53)45(52)43(40-50)56-48)38-36-34-32-30-28-26-18-16-14-12-10-8-6-4-2/h42-43,45-48,50,52-54H,3-41H2,1-2H3,(H,49,51)/t42?,43-,45+,46+,47-,48+/m1/s1. The molecule has 5 N–H and O–H groups in total. The zero-order valence-electron chi connectivity index (χ0n) is 37.1. The van der Waals surface area contributed by atoms with Crippen LogP contribution < -0.4 is 5.32 Å². The lowest BCUT2D eigenvalue weighted by atomic mass is 9.99. The van der Waals surface area contributed by atoms with Crippen LogP contribution in [0.5, 0.6) is 0 Å². The number of amides is 1. The highest BCUT2D eigenvalue weighted by Gasteiger charge is 2.44. The molecule has 1 amide bonds. The van der Waals surface area contributed by atoms with Crippen molar-refractivity contribution in [3.05, 3.63) is 0 Å². The molecule has 0 radical (unpaired) electrons. The number of hydrogen-bond acceptors (Lipinski definition) is 7. The van der Waals surface area contributed by atoms with Gasteiger partial charge in [-0.15, -0.1) is 0 Å². The summed E-state index contributed by atoms with van der Waals surface area (Å²) in [6, 6.07) is -0.234. The van der Waals surface area contributed by atoms with Gasteiger partial charge >= 0.3 is 0 Å². The lowest BCUT2D eigenvalue weighted by Crippen LogP contribution is -2.59. The van der Waals surface area contributed by atoms with Crippen LogP contribution in [-0.2, 0) is 14.3 Å². The average molecular weight is 798 g/mol. The van der Waals surface area contributed by atoms with Gasteiger partial charge in [-0.05, 0) is 12.8 Å². The number of unbranched alkanes of at least 4 members (excludes halogenated alkanes) is 33. The molecule has 0 aliphatic carbocycles. The molecule has 1 aliphatic heterocycles. The highest BCUT2D eigenvalue weighted by Crippen LogP contribution is 2.23. The van der Waals surface area contributed by atoms with E-state index in [1.54, 1.807) is 0 Å². The summed E-state index contributed by atoms with van der Waals surface area (Å²) in [5.41, 5.74) is 0. The van der Waals surface area contributed by atoms with Gasteiger partial charge < -0.3 is 35.2 Å². The molecule has 8 nitrogen and oxygen atoms in total. The van der Waals surface area contributed by atoms with Gasteiger partial charge in [-0.3, -0.25) is 4.79 Å². The number of carbonyl (C=O) groups excluding carboxylic acids is 1. The number of hydrogen-bond donors (Lipinski definition) is 5. The second-order valence-electron chi connectivity index (χ2n) is 17.5. The molecule has 8 heteroatoms. The zero-order valence-corrected chi connectivity index (χ0v) is 37.1. The lowest BCUT2D eigenvalue weighted by Gasteiger charge is -2.40. The third-order valence-corrected chi connectivity index (χ3v) is 12.1. The third-order valence-electron chi connectivity index (χ3n) is 12.1. The van der Waals surface area contributed by atoms with Crippen molar-refractivity contribution >= 4 is 5.91 Å². The first kappa shape index (κ1) is 53.2. The maximum atomic E-state index is 13.0. The van der Waals surface area contributed by atoms with Crippen molar-refractivity contribution in [1.82, 2.24) is 5.32 Å². The van der Waals surface area contributed by atoms with Crippen molar-refractivity contribution in [3.63, 3.8) is 0 Å². The first-order valence-corrected chi connectivity index (χ1v) is 24.7. The minimum Gasteiger partial charge on any atom is -0.394 e. The maximum Gasteiger partial charge on any atom is 0.220 e. The van der Waals surface area contributed by atoms with E-state index in [1.807, 2.05) is 0 Å². The largest absolute Gasteiger partial charge is 0.394 e. The Morgan fingerprint density at radius 2 is 0.839 bits per heavy atom. The number of ether oxygens (including phenoxy) is 2. The van der Waals surface area contributed by atoms with Crippen molar-refractivity contribution in [2.45, 2.75) is 288 Å². The van der Waals surface area contributed by atoms with E-state index in [4.69, 9.17) is 9.47 Å². The van der Waals surface area contributed by atoms with Crippen LogP contribution in [0.25, 0.3) is 0 Å². The molecule has 1 aliphatic rings. The Kier molecular flexibility index (Phi) is 37.7. The van der Waals surface area contributed by atoms with Crippen molar-refractivity contribution in [2.75, 3.05) is 13.2 Å². The molecule has 334 valence electrons. The second-order valence-corrected chi connectivity index (χ2v) is 17.5. The molecule has 0 bridgehead atoms. The number of aliphatic hydroxyl groups excluding tert-OH is 4. The van der Waals surface area contributed by atoms with Crippen LogP contribution in [0.2, 0.25) is 0 Å². The molecule has 0 saturated carbocycles. The zero-order chi connectivity index (χ0) is 40.7. The quantitative estimate of drug-likeness (QED) is 0.0389. The molecule has 1 heterocycles. The summed E-state index contributed by atoms with van der Waals surface area (Å²) in [4.78, 5) is 13.0. The van der Waals surface area contributed by atoms with E-state index in [2.05, 4.69) is 19.2 Å². The lowest BCUT2D eigenvalue weighted by molar-refractivity contribution is -0.302. The minimum atomic E-state index is -1.48. The maximum absolute atomic E-state index is 13.0. The Balaban J connectivity index is 2.18.